The van der Waals surface area contributed by atoms with Crippen LogP contribution in [-0.4, -0.2) is 37.2 Å². The van der Waals surface area contributed by atoms with Crippen molar-refractivity contribution in [3.8, 4) is 0 Å². The topological polar surface area (TPSA) is 78.9 Å². The van der Waals surface area contributed by atoms with Gasteiger partial charge >= 0.3 is 17.9 Å². The number of allylic oxidation sites excluding steroid dienone is 14. The Hall–Kier alpha value is -3.41. The Labute approximate surface area is 312 Å². The third-order valence-corrected chi connectivity index (χ3v) is 7.91. The molecule has 0 amide bonds. The normalized spacial score (nSPS) is 12.9. The van der Waals surface area contributed by atoms with Gasteiger partial charge in [-0.1, -0.05) is 144 Å². The molecule has 0 aliphatic heterocycles. The summed E-state index contributed by atoms with van der Waals surface area (Å²) >= 11 is 0. The molecule has 0 aromatic heterocycles. The van der Waals surface area contributed by atoms with Crippen molar-refractivity contribution >= 4 is 17.9 Å². The van der Waals surface area contributed by atoms with Crippen LogP contribution in [0.4, 0.5) is 0 Å². The van der Waals surface area contributed by atoms with Gasteiger partial charge in [-0.15, -0.1) is 0 Å². The minimum atomic E-state index is -0.817. The van der Waals surface area contributed by atoms with Gasteiger partial charge in [-0.3, -0.25) is 14.4 Å². The molecule has 0 aliphatic rings. The van der Waals surface area contributed by atoms with Gasteiger partial charge in [-0.25, -0.2) is 0 Å². The summed E-state index contributed by atoms with van der Waals surface area (Å²) in [5.74, 6) is -1.04. The predicted molar refractivity (Wildman–Crippen MR) is 214 cm³/mol. The maximum absolute atomic E-state index is 12.6. The Morgan fingerprint density at radius 3 is 1.33 bits per heavy atom. The van der Waals surface area contributed by atoms with E-state index in [0.717, 1.165) is 89.9 Å². The molecule has 0 N–H and O–H groups in total. The molecule has 1 atom stereocenters. The summed E-state index contributed by atoms with van der Waals surface area (Å²) in [4.78, 5) is 37.5. The number of esters is 3. The van der Waals surface area contributed by atoms with Crippen LogP contribution in [0, 0.1) is 0 Å². The van der Waals surface area contributed by atoms with Gasteiger partial charge in [0, 0.05) is 19.3 Å². The predicted octanol–water partition coefficient (Wildman–Crippen LogP) is 12.5. The highest BCUT2D eigenvalue weighted by Crippen LogP contribution is 2.10. The van der Waals surface area contributed by atoms with Crippen molar-refractivity contribution in [3.63, 3.8) is 0 Å². The van der Waals surface area contributed by atoms with Gasteiger partial charge in [0.05, 0.1) is 0 Å². The minimum Gasteiger partial charge on any atom is -0.462 e. The van der Waals surface area contributed by atoms with Gasteiger partial charge < -0.3 is 14.2 Å². The molecule has 0 heterocycles. The van der Waals surface area contributed by atoms with Crippen molar-refractivity contribution < 1.29 is 28.6 Å². The average molecular weight is 709 g/mol. The van der Waals surface area contributed by atoms with Crippen LogP contribution in [0.2, 0.25) is 0 Å². The molecule has 0 aliphatic carbocycles. The molecular weight excluding hydrogens is 636 g/mol. The summed E-state index contributed by atoms with van der Waals surface area (Å²) in [5, 5.41) is 0. The molecule has 0 saturated carbocycles. The van der Waals surface area contributed by atoms with Crippen LogP contribution in [0.3, 0.4) is 0 Å². The van der Waals surface area contributed by atoms with Crippen LogP contribution in [0.25, 0.3) is 0 Å². The Morgan fingerprint density at radius 1 is 0.431 bits per heavy atom. The highest BCUT2D eigenvalue weighted by molar-refractivity contribution is 5.71. The average Bonchev–Trinajstić information content (AvgIpc) is 3.12. The van der Waals surface area contributed by atoms with E-state index < -0.39 is 6.10 Å². The lowest BCUT2D eigenvalue weighted by atomic mass is 10.1. The van der Waals surface area contributed by atoms with Gasteiger partial charge in [0.15, 0.2) is 6.10 Å². The first-order valence-electron chi connectivity index (χ1n) is 20.1. The number of ether oxygens (including phenoxy) is 3. The number of carbonyl (C=O) groups is 3. The van der Waals surface area contributed by atoms with Crippen molar-refractivity contribution in [2.75, 3.05) is 13.2 Å². The van der Waals surface area contributed by atoms with E-state index in [1.165, 1.54) is 25.7 Å². The number of hydrogen-bond acceptors (Lipinski definition) is 6. The standard InChI is InChI=1S/C45H72O6/c1-4-7-10-13-16-19-22-25-28-31-34-37-43(46)49-40-42(51-45(48)39-36-33-30-27-24-21-18-15-12-9-6-3)41-50-44(47)38-35-32-29-26-23-20-17-14-11-8-5-2/h7,10,14-21,23-25,28,42H,4-6,8-9,11-13,22,26-27,29-41H2,1-3H3/b10-7-,17-14-,18-15-,19-16-,23-20-,24-21-,28-25-. The van der Waals surface area contributed by atoms with Crippen LogP contribution in [0.1, 0.15) is 162 Å². The Bertz CT molecular complexity index is 1040. The first-order valence-corrected chi connectivity index (χ1v) is 20.1. The van der Waals surface area contributed by atoms with Crippen molar-refractivity contribution in [1.29, 1.82) is 0 Å². The van der Waals surface area contributed by atoms with E-state index in [9.17, 15) is 14.4 Å². The maximum atomic E-state index is 12.6. The van der Waals surface area contributed by atoms with Gasteiger partial charge in [0.2, 0.25) is 0 Å². The zero-order valence-corrected chi connectivity index (χ0v) is 32.6. The van der Waals surface area contributed by atoms with E-state index in [2.05, 4.69) is 106 Å². The zero-order chi connectivity index (χ0) is 37.3. The third-order valence-electron chi connectivity index (χ3n) is 7.91. The molecule has 0 rings (SSSR count). The van der Waals surface area contributed by atoms with E-state index in [0.29, 0.717) is 12.8 Å². The quantitative estimate of drug-likeness (QED) is 0.0218. The molecule has 51 heavy (non-hydrogen) atoms. The molecule has 0 saturated heterocycles. The first-order chi connectivity index (χ1) is 25.0. The second-order valence-corrected chi connectivity index (χ2v) is 12.9. The summed E-state index contributed by atoms with van der Waals surface area (Å²) < 4.78 is 16.5. The maximum Gasteiger partial charge on any atom is 0.306 e. The van der Waals surface area contributed by atoms with Gasteiger partial charge in [-0.2, -0.15) is 0 Å². The largest absolute Gasteiger partial charge is 0.462 e. The number of hydrogen-bond donors (Lipinski definition) is 0. The highest BCUT2D eigenvalue weighted by Gasteiger charge is 2.19. The Kier molecular flexibility index (Phi) is 36.7. The van der Waals surface area contributed by atoms with Crippen LogP contribution in [-0.2, 0) is 28.6 Å². The molecule has 1 unspecified atom stereocenters. The molecule has 6 heteroatoms. The second-order valence-electron chi connectivity index (χ2n) is 12.9. The summed E-state index contributed by atoms with van der Waals surface area (Å²) in [5.41, 5.74) is 0. The molecule has 288 valence electrons. The molecular formula is C45H72O6. The fourth-order valence-corrected chi connectivity index (χ4v) is 4.83. The van der Waals surface area contributed by atoms with Crippen molar-refractivity contribution in [3.05, 3.63) is 85.1 Å². The molecule has 0 fully saturated rings. The van der Waals surface area contributed by atoms with E-state index in [-0.39, 0.29) is 44.0 Å². The lowest BCUT2D eigenvalue weighted by molar-refractivity contribution is -0.167. The van der Waals surface area contributed by atoms with Crippen LogP contribution in [0.5, 0.6) is 0 Å². The van der Waals surface area contributed by atoms with Crippen LogP contribution < -0.4 is 0 Å². The Balaban J connectivity index is 4.56. The van der Waals surface area contributed by atoms with Crippen molar-refractivity contribution in [2.24, 2.45) is 0 Å². The van der Waals surface area contributed by atoms with E-state index in [1.807, 2.05) is 0 Å². The molecule has 0 spiro atoms. The monoisotopic (exact) mass is 709 g/mol. The summed E-state index contributed by atoms with van der Waals surface area (Å²) in [7, 11) is 0. The fourth-order valence-electron chi connectivity index (χ4n) is 4.83. The second kappa shape index (κ2) is 39.4. The smallest absolute Gasteiger partial charge is 0.306 e. The fraction of sp³-hybridized carbons (Fsp3) is 0.622. The van der Waals surface area contributed by atoms with Crippen molar-refractivity contribution in [2.45, 2.75) is 168 Å². The summed E-state index contributed by atoms with van der Waals surface area (Å²) in [6, 6.07) is 0. The molecule has 6 nitrogen and oxygen atoms in total. The molecule has 0 radical (unpaired) electrons. The number of rotatable bonds is 34. The highest BCUT2D eigenvalue weighted by atomic mass is 16.6. The third kappa shape index (κ3) is 37.7. The minimum absolute atomic E-state index is 0.119. The Morgan fingerprint density at radius 2 is 0.843 bits per heavy atom. The first kappa shape index (κ1) is 47.6. The SMILES string of the molecule is CC/C=C\C/C=C\C/C=C\CCCC(=O)OCC(COC(=O)CCCCC/C=C\C=C/CCCC)OC(=O)CCCCC/C=C\C=C/CCCC. The zero-order valence-electron chi connectivity index (χ0n) is 32.6. The molecule has 0 bridgehead atoms. The lowest BCUT2D eigenvalue weighted by Gasteiger charge is -2.18. The van der Waals surface area contributed by atoms with Gasteiger partial charge in [0.1, 0.15) is 13.2 Å². The summed E-state index contributed by atoms with van der Waals surface area (Å²) in [6.45, 7) is 6.27. The molecule has 0 aromatic carbocycles. The van der Waals surface area contributed by atoms with E-state index in [4.69, 9.17) is 14.2 Å². The van der Waals surface area contributed by atoms with Crippen molar-refractivity contribution in [1.82, 2.24) is 0 Å². The van der Waals surface area contributed by atoms with E-state index in [1.54, 1.807) is 0 Å². The van der Waals surface area contributed by atoms with E-state index >= 15 is 0 Å². The number of unbranched alkanes of at least 4 members (excludes halogenated alkanes) is 11. The summed E-state index contributed by atoms with van der Waals surface area (Å²) in [6.07, 6.45) is 48.6. The van der Waals surface area contributed by atoms with Gasteiger partial charge in [0.25, 0.3) is 0 Å². The van der Waals surface area contributed by atoms with Crippen LogP contribution in [0.15, 0.2) is 85.1 Å². The molecule has 0 aromatic rings. The van der Waals surface area contributed by atoms with Crippen LogP contribution >= 0.6 is 0 Å². The lowest BCUT2D eigenvalue weighted by Crippen LogP contribution is -2.30. The van der Waals surface area contributed by atoms with Gasteiger partial charge in [-0.05, 0) is 83.5 Å². The number of carbonyl (C=O) groups excluding carboxylic acids is 3.